The molecule has 1 fully saturated rings. The summed E-state index contributed by atoms with van der Waals surface area (Å²) in [5.74, 6) is -0.000605. The molecule has 0 N–H and O–H groups in total. The summed E-state index contributed by atoms with van der Waals surface area (Å²) in [6.45, 7) is 4.13. The Kier molecular flexibility index (Phi) is 4.75. The first kappa shape index (κ1) is 16.5. The molecule has 0 amide bonds. The lowest BCUT2D eigenvalue weighted by Crippen LogP contribution is -2.41. The molecule has 1 aromatic carbocycles. The van der Waals surface area contributed by atoms with Crippen LogP contribution in [0.2, 0.25) is 0 Å². The van der Waals surface area contributed by atoms with Crippen LogP contribution in [0, 0.1) is 6.92 Å². The number of aryl methyl sites for hydroxylation is 1. The molecular weight excluding hydrogens is 310 g/mol. The third-order valence-corrected chi connectivity index (χ3v) is 7.40. The van der Waals surface area contributed by atoms with Gasteiger partial charge >= 0.3 is 0 Å². The second kappa shape index (κ2) is 6.06. The predicted octanol–water partition coefficient (Wildman–Crippen LogP) is 1.58. The first-order valence-corrected chi connectivity index (χ1v) is 10.3. The zero-order valence-corrected chi connectivity index (χ0v) is 14.0. The van der Waals surface area contributed by atoms with Gasteiger partial charge in [-0.25, -0.2) is 16.8 Å². The minimum atomic E-state index is -3.64. The summed E-state index contributed by atoms with van der Waals surface area (Å²) in [5.41, 5.74) is 0.986. The fourth-order valence-electron chi connectivity index (χ4n) is 2.57. The van der Waals surface area contributed by atoms with E-state index in [0.717, 1.165) is 5.56 Å². The van der Waals surface area contributed by atoms with E-state index in [0.29, 0.717) is 19.4 Å². The lowest BCUT2D eigenvalue weighted by molar-refractivity contribution is 0.340. The molecule has 5 nitrogen and oxygen atoms in total. The van der Waals surface area contributed by atoms with Gasteiger partial charge in [0.05, 0.1) is 16.4 Å². The molecule has 7 heteroatoms. The van der Waals surface area contributed by atoms with E-state index in [2.05, 4.69) is 0 Å². The average Bonchev–Trinajstić information content (AvgIpc) is 2.76. The van der Waals surface area contributed by atoms with Gasteiger partial charge in [0.1, 0.15) is 0 Å². The lowest BCUT2D eigenvalue weighted by atomic mass is 10.2. The highest BCUT2D eigenvalue weighted by molar-refractivity contribution is 7.92. The highest BCUT2D eigenvalue weighted by Crippen LogP contribution is 2.25. The number of nitrogens with zero attached hydrogens (tertiary/aromatic N) is 1. The zero-order chi connectivity index (χ0) is 15.7. The van der Waals surface area contributed by atoms with Crippen LogP contribution in [0.1, 0.15) is 25.3 Å². The second-order valence-corrected chi connectivity index (χ2v) is 9.60. The first-order chi connectivity index (χ1) is 9.76. The monoisotopic (exact) mass is 331 g/mol. The van der Waals surface area contributed by atoms with E-state index in [1.54, 1.807) is 24.3 Å². The third-order valence-electron chi connectivity index (χ3n) is 3.69. The van der Waals surface area contributed by atoms with E-state index >= 15 is 0 Å². The van der Waals surface area contributed by atoms with E-state index in [1.165, 1.54) is 4.31 Å². The minimum absolute atomic E-state index is 0.0707. The van der Waals surface area contributed by atoms with Crippen LogP contribution in [-0.2, 0) is 19.9 Å². The fourth-order valence-corrected chi connectivity index (χ4v) is 6.14. The smallest absolute Gasteiger partial charge is 0.229 e. The maximum Gasteiger partial charge on any atom is 0.243 e. The van der Waals surface area contributed by atoms with E-state index < -0.39 is 25.9 Å². The fraction of sp³-hybridized carbons (Fsp3) is 0.571. The summed E-state index contributed by atoms with van der Waals surface area (Å²) in [7, 11) is -6.76. The number of hydrogen-bond acceptors (Lipinski definition) is 4. The standard InChI is InChI=1S/C14H21NO4S2/c1-3-9-15(13-8-10-20(16,17)11-13)21(18,19)14-6-4-12(2)5-7-14/h4-7,13H,3,8-11H2,1-2H3/t13-/m1/s1. The number of benzene rings is 1. The molecule has 1 atom stereocenters. The van der Waals surface area contributed by atoms with Crippen LogP contribution in [-0.4, -0.2) is 45.2 Å². The van der Waals surface area contributed by atoms with Gasteiger partial charge in [-0.1, -0.05) is 24.6 Å². The Morgan fingerprint density at radius 3 is 2.33 bits per heavy atom. The lowest BCUT2D eigenvalue weighted by Gasteiger charge is -2.27. The van der Waals surface area contributed by atoms with Crippen LogP contribution in [0.5, 0.6) is 0 Å². The van der Waals surface area contributed by atoms with Crippen molar-refractivity contribution in [3.8, 4) is 0 Å². The molecule has 0 aliphatic carbocycles. The molecule has 2 rings (SSSR count). The largest absolute Gasteiger partial charge is 0.243 e. The van der Waals surface area contributed by atoms with Crippen LogP contribution < -0.4 is 0 Å². The van der Waals surface area contributed by atoms with Gasteiger partial charge in [0.25, 0.3) is 0 Å². The number of sulfone groups is 1. The van der Waals surface area contributed by atoms with E-state index in [1.807, 2.05) is 13.8 Å². The molecule has 1 aliphatic rings. The highest BCUT2D eigenvalue weighted by Gasteiger charge is 2.38. The number of hydrogen-bond donors (Lipinski definition) is 0. The quantitative estimate of drug-likeness (QED) is 0.821. The molecule has 1 heterocycles. The molecule has 118 valence electrons. The molecule has 0 aromatic heterocycles. The summed E-state index contributed by atoms with van der Waals surface area (Å²) in [6, 6.07) is 6.22. The Morgan fingerprint density at radius 1 is 1.24 bits per heavy atom. The first-order valence-electron chi connectivity index (χ1n) is 7.05. The SMILES string of the molecule is CCCN([C@@H]1CCS(=O)(=O)C1)S(=O)(=O)c1ccc(C)cc1. The van der Waals surface area contributed by atoms with E-state index in [-0.39, 0.29) is 16.4 Å². The van der Waals surface area contributed by atoms with Crippen molar-refractivity contribution in [2.75, 3.05) is 18.1 Å². The molecule has 1 aromatic rings. The van der Waals surface area contributed by atoms with Gasteiger partial charge in [-0.15, -0.1) is 0 Å². The normalized spacial score (nSPS) is 21.8. The maximum absolute atomic E-state index is 12.8. The van der Waals surface area contributed by atoms with Crippen LogP contribution in [0.25, 0.3) is 0 Å². The van der Waals surface area contributed by atoms with Crippen molar-refractivity contribution in [1.82, 2.24) is 4.31 Å². The third kappa shape index (κ3) is 3.64. The maximum atomic E-state index is 12.8. The van der Waals surface area contributed by atoms with Crippen LogP contribution in [0.3, 0.4) is 0 Å². The molecule has 21 heavy (non-hydrogen) atoms. The van der Waals surface area contributed by atoms with Crippen molar-refractivity contribution in [2.45, 2.75) is 37.6 Å². The van der Waals surface area contributed by atoms with E-state index in [4.69, 9.17) is 0 Å². The zero-order valence-electron chi connectivity index (χ0n) is 12.3. The molecule has 0 unspecified atom stereocenters. The van der Waals surface area contributed by atoms with Crippen molar-refractivity contribution < 1.29 is 16.8 Å². The Balaban J connectivity index is 2.35. The topological polar surface area (TPSA) is 71.5 Å². The highest BCUT2D eigenvalue weighted by atomic mass is 32.2. The predicted molar refractivity (Wildman–Crippen MR) is 82.4 cm³/mol. The summed E-state index contributed by atoms with van der Waals surface area (Å²) in [5, 5.41) is 0. The van der Waals surface area contributed by atoms with Gasteiger partial charge in [0, 0.05) is 12.6 Å². The van der Waals surface area contributed by atoms with Crippen LogP contribution in [0.15, 0.2) is 29.2 Å². The Bertz CT molecular complexity index is 693. The van der Waals surface area contributed by atoms with Gasteiger partial charge in [0.2, 0.25) is 10.0 Å². The molecular formula is C14H21NO4S2. The molecule has 1 saturated heterocycles. The van der Waals surface area contributed by atoms with Crippen LogP contribution in [0.4, 0.5) is 0 Å². The van der Waals surface area contributed by atoms with Crippen molar-refractivity contribution in [2.24, 2.45) is 0 Å². The van der Waals surface area contributed by atoms with Crippen molar-refractivity contribution in [1.29, 1.82) is 0 Å². The van der Waals surface area contributed by atoms with Gasteiger partial charge in [-0.05, 0) is 31.9 Å². The summed E-state index contributed by atoms with van der Waals surface area (Å²) >= 11 is 0. The van der Waals surface area contributed by atoms with Crippen molar-refractivity contribution >= 4 is 19.9 Å². The van der Waals surface area contributed by atoms with Gasteiger partial charge < -0.3 is 0 Å². The Morgan fingerprint density at radius 2 is 1.86 bits per heavy atom. The van der Waals surface area contributed by atoms with Gasteiger partial charge in [0.15, 0.2) is 9.84 Å². The molecule has 1 aliphatic heterocycles. The summed E-state index contributed by atoms with van der Waals surface area (Å²) < 4.78 is 50.2. The Labute approximate surface area is 126 Å². The minimum Gasteiger partial charge on any atom is -0.229 e. The van der Waals surface area contributed by atoms with E-state index in [9.17, 15) is 16.8 Å². The number of sulfonamides is 1. The molecule has 0 spiro atoms. The van der Waals surface area contributed by atoms with Crippen molar-refractivity contribution in [3.05, 3.63) is 29.8 Å². The summed E-state index contributed by atoms with van der Waals surface area (Å²) in [6.07, 6.45) is 1.04. The average molecular weight is 331 g/mol. The van der Waals surface area contributed by atoms with Gasteiger partial charge in [-0.2, -0.15) is 4.31 Å². The molecule has 0 bridgehead atoms. The molecule has 0 saturated carbocycles. The van der Waals surface area contributed by atoms with Gasteiger partial charge in [-0.3, -0.25) is 0 Å². The summed E-state index contributed by atoms with van der Waals surface area (Å²) in [4.78, 5) is 0.228. The van der Waals surface area contributed by atoms with Crippen molar-refractivity contribution in [3.63, 3.8) is 0 Å². The molecule has 0 radical (unpaired) electrons. The second-order valence-electron chi connectivity index (χ2n) is 5.49. The Hall–Kier alpha value is -0.920. The number of rotatable bonds is 5. The van der Waals surface area contributed by atoms with Crippen LogP contribution >= 0.6 is 0 Å².